The second-order valence-electron chi connectivity index (χ2n) is 6.35. The average Bonchev–Trinajstić information content (AvgIpc) is 2.98. The van der Waals surface area contributed by atoms with Crippen molar-refractivity contribution >= 4 is 36.6 Å². The van der Waals surface area contributed by atoms with Crippen LogP contribution in [0.5, 0.6) is 0 Å². The minimum absolute atomic E-state index is 0. The number of anilines is 2. The molecule has 136 valence electrons. The zero-order chi connectivity index (χ0) is 15.8. The van der Waals surface area contributed by atoms with Crippen molar-refractivity contribution < 1.29 is 4.39 Å². The van der Waals surface area contributed by atoms with Crippen LogP contribution in [0.2, 0.25) is 0 Å². The third-order valence-electron chi connectivity index (χ3n) is 4.77. The highest BCUT2D eigenvalue weighted by atomic mass is 35.5. The van der Waals surface area contributed by atoms with Gasteiger partial charge in [0.1, 0.15) is 11.6 Å². The molecule has 0 radical (unpaired) electrons. The Hall–Kier alpha value is -1.63. The molecule has 3 N–H and O–H groups in total. The minimum atomic E-state index is -0.280. The van der Waals surface area contributed by atoms with Crippen molar-refractivity contribution in [1.82, 2.24) is 15.3 Å². The van der Waals surface area contributed by atoms with E-state index in [-0.39, 0.29) is 36.6 Å². The molecule has 2 fully saturated rings. The van der Waals surface area contributed by atoms with E-state index in [9.17, 15) is 4.39 Å². The van der Waals surface area contributed by atoms with Gasteiger partial charge in [0.15, 0.2) is 0 Å². The molecule has 0 aliphatic carbocycles. The minimum Gasteiger partial charge on any atom is -0.368 e. The molecule has 3 heterocycles. The molecule has 4 rings (SSSR count). The first kappa shape index (κ1) is 19.7. The molecule has 0 unspecified atom stereocenters. The lowest BCUT2D eigenvalue weighted by Crippen LogP contribution is -2.40. The van der Waals surface area contributed by atoms with Crippen molar-refractivity contribution in [3.8, 4) is 11.3 Å². The Bertz CT molecular complexity index is 716. The van der Waals surface area contributed by atoms with E-state index in [0.717, 1.165) is 31.0 Å². The second-order valence-corrected chi connectivity index (χ2v) is 6.35. The molecule has 0 bridgehead atoms. The van der Waals surface area contributed by atoms with Crippen molar-refractivity contribution in [1.29, 1.82) is 0 Å². The number of nitrogen functional groups attached to an aromatic ring is 1. The topological polar surface area (TPSA) is 67.1 Å². The van der Waals surface area contributed by atoms with E-state index < -0.39 is 0 Å². The van der Waals surface area contributed by atoms with Crippen molar-refractivity contribution in [2.24, 2.45) is 5.92 Å². The first-order valence-electron chi connectivity index (χ1n) is 8.08. The summed E-state index contributed by atoms with van der Waals surface area (Å²) in [5.41, 5.74) is 7.27. The van der Waals surface area contributed by atoms with Gasteiger partial charge in [0.2, 0.25) is 5.95 Å². The zero-order valence-electron chi connectivity index (χ0n) is 13.7. The summed E-state index contributed by atoms with van der Waals surface area (Å²) in [5.74, 6) is 1.44. The molecule has 25 heavy (non-hydrogen) atoms. The quantitative estimate of drug-likeness (QED) is 0.831. The highest BCUT2D eigenvalue weighted by Gasteiger charge is 2.35. The fourth-order valence-electron chi connectivity index (χ4n) is 3.64. The van der Waals surface area contributed by atoms with E-state index in [2.05, 4.69) is 20.2 Å². The molecular formula is C17H22Cl2FN5. The van der Waals surface area contributed by atoms with Crippen LogP contribution in [0.15, 0.2) is 30.3 Å². The Morgan fingerprint density at radius 3 is 2.76 bits per heavy atom. The van der Waals surface area contributed by atoms with Gasteiger partial charge in [-0.15, -0.1) is 24.8 Å². The maximum atomic E-state index is 13.5. The van der Waals surface area contributed by atoms with Gasteiger partial charge in [-0.05, 0) is 37.4 Å². The first-order chi connectivity index (χ1) is 11.2. The fraction of sp³-hybridized carbons (Fsp3) is 0.412. The van der Waals surface area contributed by atoms with Crippen LogP contribution in [0.1, 0.15) is 12.8 Å². The predicted octanol–water partition coefficient (Wildman–Crippen LogP) is 2.90. The monoisotopic (exact) mass is 385 g/mol. The smallest absolute Gasteiger partial charge is 0.222 e. The molecule has 8 heteroatoms. The number of hydrogen-bond donors (Lipinski definition) is 2. The molecular weight excluding hydrogens is 364 g/mol. The summed E-state index contributed by atoms with van der Waals surface area (Å²) >= 11 is 0. The summed E-state index contributed by atoms with van der Waals surface area (Å²) in [4.78, 5) is 10.9. The lowest BCUT2D eigenvalue weighted by molar-refractivity contribution is 0.340. The van der Waals surface area contributed by atoms with Crippen LogP contribution in [0, 0.1) is 11.7 Å². The van der Waals surface area contributed by atoms with Crippen molar-refractivity contribution in [2.75, 3.05) is 30.3 Å². The molecule has 0 amide bonds. The Kier molecular flexibility index (Phi) is 6.43. The molecule has 5 nitrogen and oxygen atoms in total. The number of rotatable bonds is 2. The number of halogens is 3. The summed E-state index contributed by atoms with van der Waals surface area (Å²) < 4.78 is 13.5. The SMILES string of the molecule is Cl.Cl.Nc1nc(-c2cccc(F)c2)cc(N2C[C@H]3CCCN[C@H]3C2)n1. The van der Waals surface area contributed by atoms with Crippen molar-refractivity contribution in [2.45, 2.75) is 18.9 Å². The molecule has 0 saturated carbocycles. The van der Waals surface area contributed by atoms with Gasteiger partial charge in [-0.1, -0.05) is 12.1 Å². The summed E-state index contributed by atoms with van der Waals surface area (Å²) in [5, 5.41) is 3.58. The lowest BCUT2D eigenvalue weighted by Gasteiger charge is -2.24. The van der Waals surface area contributed by atoms with E-state index in [1.165, 1.54) is 25.0 Å². The highest BCUT2D eigenvalue weighted by Crippen LogP contribution is 2.30. The molecule has 2 aromatic rings. The van der Waals surface area contributed by atoms with Gasteiger partial charge in [-0.3, -0.25) is 0 Å². The molecule has 2 aliphatic rings. The molecule has 0 spiro atoms. The maximum Gasteiger partial charge on any atom is 0.222 e. The average molecular weight is 386 g/mol. The van der Waals surface area contributed by atoms with E-state index in [1.807, 2.05) is 12.1 Å². The second kappa shape index (κ2) is 8.17. The van der Waals surface area contributed by atoms with Gasteiger partial charge in [0.05, 0.1) is 5.69 Å². The van der Waals surface area contributed by atoms with Gasteiger partial charge in [0.25, 0.3) is 0 Å². The predicted molar refractivity (Wildman–Crippen MR) is 103 cm³/mol. The van der Waals surface area contributed by atoms with Crippen LogP contribution in [0.4, 0.5) is 16.2 Å². The summed E-state index contributed by atoms with van der Waals surface area (Å²) in [6.45, 7) is 3.01. The van der Waals surface area contributed by atoms with Crippen LogP contribution in [-0.4, -0.2) is 35.6 Å². The van der Waals surface area contributed by atoms with Crippen LogP contribution in [0.25, 0.3) is 11.3 Å². The Morgan fingerprint density at radius 1 is 1.16 bits per heavy atom. The van der Waals surface area contributed by atoms with Gasteiger partial charge in [0, 0.05) is 30.8 Å². The molecule has 2 saturated heterocycles. The van der Waals surface area contributed by atoms with E-state index in [1.54, 1.807) is 6.07 Å². The molecule has 1 aromatic heterocycles. The molecule has 1 aromatic carbocycles. The van der Waals surface area contributed by atoms with Crippen LogP contribution < -0.4 is 16.0 Å². The first-order valence-corrected chi connectivity index (χ1v) is 8.08. The number of nitrogens with two attached hydrogens (primary N) is 1. The van der Waals surface area contributed by atoms with Crippen LogP contribution >= 0.6 is 24.8 Å². The lowest BCUT2D eigenvalue weighted by atomic mass is 9.94. The number of nitrogens with one attached hydrogen (secondary N) is 1. The van der Waals surface area contributed by atoms with Crippen LogP contribution in [0.3, 0.4) is 0 Å². The summed E-state index contributed by atoms with van der Waals surface area (Å²) in [6, 6.07) is 8.83. The summed E-state index contributed by atoms with van der Waals surface area (Å²) in [7, 11) is 0. The summed E-state index contributed by atoms with van der Waals surface area (Å²) in [6.07, 6.45) is 2.49. The number of piperidine rings is 1. The van der Waals surface area contributed by atoms with Gasteiger partial charge in [-0.2, -0.15) is 4.98 Å². The number of nitrogens with zero attached hydrogens (tertiary/aromatic N) is 3. The molecule has 2 aliphatic heterocycles. The van der Waals surface area contributed by atoms with Gasteiger partial charge >= 0.3 is 0 Å². The van der Waals surface area contributed by atoms with Gasteiger partial charge in [-0.25, -0.2) is 9.37 Å². The largest absolute Gasteiger partial charge is 0.368 e. The zero-order valence-corrected chi connectivity index (χ0v) is 15.3. The fourth-order valence-corrected chi connectivity index (χ4v) is 3.64. The van der Waals surface area contributed by atoms with Crippen molar-refractivity contribution in [3.05, 3.63) is 36.1 Å². The number of benzene rings is 1. The third-order valence-corrected chi connectivity index (χ3v) is 4.77. The van der Waals surface area contributed by atoms with Crippen molar-refractivity contribution in [3.63, 3.8) is 0 Å². The Balaban J connectivity index is 0.00000113. The standard InChI is InChI=1S/C17H20FN5.2ClH/c18-13-5-1-3-11(7-13)14-8-16(22-17(19)21-14)23-9-12-4-2-6-20-15(12)10-23;;/h1,3,5,7-8,12,15,20H,2,4,6,9-10H2,(H2,19,21,22);2*1H/t12-,15+;;/m1../s1. The number of hydrogen-bond acceptors (Lipinski definition) is 5. The Labute approximate surface area is 159 Å². The third kappa shape index (κ3) is 4.14. The number of aromatic nitrogens is 2. The molecule has 2 atom stereocenters. The van der Waals surface area contributed by atoms with E-state index in [0.29, 0.717) is 17.7 Å². The maximum absolute atomic E-state index is 13.5. The highest BCUT2D eigenvalue weighted by molar-refractivity contribution is 5.85. The normalized spacial score (nSPS) is 21.9. The van der Waals surface area contributed by atoms with E-state index in [4.69, 9.17) is 5.73 Å². The van der Waals surface area contributed by atoms with Crippen LogP contribution in [-0.2, 0) is 0 Å². The Morgan fingerprint density at radius 2 is 2.00 bits per heavy atom. The van der Waals surface area contributed by atoms with E-state index >= 15 is 0 Å². The number of fused-ring (bicyclic) bond motifs is 1. The van der Waals surface area contributed by atoms with Gasteiger partial charge < -0.3 is 16.0 Å².